The minimum absolute atomic E-state index is 0.610. The average molecular weight is 234 g/mol. The van der Waals surface area contributed by atoms with Crippen LogP contribution >= 0.6 is 11.6 Å². The van der Waals surface area contributed by atoms with Crippen LogP contribution in [0.1, 0.15) is 11.4 Å². The second kappa shape index (κ2) is 4.10. The molecular weight excluding hydrogens is 222 g/mol. The predicted molar refractivity (Wildman–Crippen MR) is 66.4 cm³/mol. The van der Waals surface area contributed by atoms with Crippen molar-refractivity contribution in [1.29, 1.82) is 0 Å². The Hall–Kier alpha value is -1.61. The van der Waals surface area contributed by atoms with Crippen LogP contribution in [0.15, 0.2) is 24.3 Å². The van der Waals surface area contributed by atoms with Crippen molar-refractivity contribution in [3.05, 3.63) is 40.7 Å². The van der Waals surface area contributed by atoms with Crippen LogP contribution < -0.4 is 5.73 Å². The summed E-state index contributed by atoms with van der Waals surface area (Å²) >= 11 is 6.10. The van der Waals surface area contributed by atoms with Gasteiger partial charge in [0.2, 0.25) is 0 Å². The minimum atomic E-state index is 0.610. The number of nitrogens with two attached hydrogens (primary N) is 1. The quantitative estimate of drug-likeness (QED) is 0.771. The molecule has 2 aromatic rings. The van der Waals surface area contributed by atoms with Crippen molar-refractivity contribution in [2.75, 3.05) is 5.73 Å². The molecule has 16 heavy (non-hydrogen) atoms. The predicted octanol–water partition coefficient (Wildman–Crippen LogP) is 3.00. The zero-order valence-corrected chi connectivity index (χ0v) is 9.92. The van der Waals surface area contributed by atoms with Crippen LogP contribution in [-0.4, -0.2) is 9.97 Å². The molecule has 0 saturated heterocycles. The third-order valence-corrected chi connectivity index (χ3v) is 2.54. The molecule has 2 N–H and O–H groups in total. The van der Waals surface area contributed by atoms with E-state index in [0.29, 0.717) is 16.5 Å². The van der Waals surface area contributed by atoms with Gasteiger partial charge in [-0.3, -0.25) is 0 Å². The topological polar surface area (TPSA) is 51.8 Å². The number of anilines is 1. The van der Waals surface area contributed by atoms with Gasteiger partial charge < -0.3 is 5.73 Å². The maximum absolute atomic E-state index is 6.10. The molecule has 1 heterocycles. The van der Waals surface area contributed by atoms with Gasteiger partial charge in [0.25, 0.3) is 0 Å². The van der Waals surface area contributed by atoms with E-state index in [1.165, 1.54) is 0 Å². The van der Waals surface area contributed by atoms with Crippen molar-refractivity contribution < 1.29 is 0 Å². The summed E-state index contributed by atoms with van der Waals surface area (Å²) in [7, 11) is 0. The number of aryl methyl sites for hydroxylation is 2. The molecule has 0 aliphatic heterocycles. The second-order valence-corrected chi connectivity index (χ2v) is 4.12. The number of halogens is 1. The number of rotatable bonds is 1. The van der Waals surface area contributed by atoms with Gasteiger partial charge in [-0.15, -0.1) is 0 Å². The van der Waals surface area contributed by atoms with Crippen LogP contribution in [0, 0.1) is 13.8 Å². The standard InChI is InChI=1S/C12H12ClN3/c1-7-5-8(2)16-12(15-7)10-6-9(14)3-4-11(10)13/h3-6H,14H2,1-2H3. The fourth-order valence-corrected chi connectivity index (χ4v) is 1.76. The Kier molecular flexibility index (Phi) is 2.79. The normalized spacial score (nSPS) is 10.4. The van der Waals surface area contributed by atoms with Crippen LogP contribution in [-0.2, 0) is 0 Å². The van der Waals surface area contributed by atoms with Gasteiger partial charge >= 0.3 is 0 Å². The number of aromatic nitrogens is 2. The molecule has 0 radical (unpaired) electrons. The summed E-state index contributed by atoms with van der Waals surface area (Å²) in [6, 6.07) is 7.22. The summed E-state index contributed by atoms with van der Waals surface area (Å²) in [6.07, 6.45) is 0. The lowest BCUT2D eigenvalue weighted by Gasteiger charge is -2.06. The third kappa shape index (κ3) is 2.14. The van der Waals surface area contributed by atoms with Crippen LogP contribution in [0.2, 0.25) is 5.02 Å². The molecular formula is C12H12ClN3. The smallest absolute Gasteiger partial charge is 0.161 e. The monoisotopic (exact) mass is 233 g/mol. The zero-order chi connectivity index (χ0) is 11.7. The van der Waals surface area contributed by atoms with Crippen molar-refractivity contribution in [2.45, 2.75) is 13.8 Å². The van der Waals surface area contributed by atoms with Gasteiger partial charge in [-0.1, -0.05) is 11.6 Å². The Morgan fingerprint density at radius 3 is 2.31 bits per heavy atom. The summed E-state index contributed by atoms with van der Waals surface area (Å²) in [6.45, 7) is 3.86. The molecule has 0 bridgehead atoms. The highest BCUT2D eigenvalue weighted by Gasteiger charge is 2.08. The third-order valence-electron chi connectivity index (χ3n) is 2.21. The number of hydrogen-bond acceptors (Lipinski definition) is 3. The number of nitrogen functional groups attached to an aromatic ring is 1. The van der Waals surface area contributed by atoms with Crippen molar-refractivity contribution in [3.63, 3.8) is 0 Å². The molecule has 82 valence electrons. The lowest BCUT2D eigenvalue weighted by atomic mass is 10.2. The molecule has 4 heteroatoms. The molecule has 0 unspecified atom stereocenters. The zero-order valence-electron chi connectivity index (χ0n) is 9.16. The first-order chi connectivity index (χ1) is 7.56. The van der Waals surface area contributed by atoms with Crippen molar-refractivity contribution in [1.82, 2.24) is 9.97 Å². The van der Waals surface area contributed by atoms with E-state index >= 15 is 0 Å². The summed E-state index contributed by atoms with van der Waals surface area (Å²) in [5, 5.41) is 0.610. The number of hydrogen-bond donors (Lipinski definition) is 1. The highest BCUT2D eigenvalue weighted by Crippen LogP contribution is 2.27. The van der Waals surface area contributed by atoms with Crippen LogP contribution in [0.3, 0.4) is 0 Å². The lowest BCUT2D eigenvalue weighted by molar-refractivity contribution is 1.06. The maximum Gasteiger partial charge on any atom is 0.161 e. The molecule has 0 saturated carbocycles. The summed E-state index contributed by atoms with van der Waals surface area (Å²) in [5.41, 5.74) is 8.99. The van der Waals surface area contributed by atoms with E-state index in [1.807, 2.05) is 19.9 Å². The highest BCUT2D eigenvalue weighted by molar-refractivity contribution is 6.33. The van der Waals surface area contributed by atoms with Crippen LogP contribution in [0.4, 0.5) is 5.69 Å². The molecule has 0 aliphatic carbocycles. The molecule has 0 fully saturated rings. The molecule has 2 rings (SSSR count). The van der Waals surface area contributed by atoms with Gasteiger partial charge in [0, 0.05) is 22.6 Å². The van der Waals surface area contributed by atoms with Gasteiger partial charge in [0.1, 0.15) is 0 Å². The average Bonchev–Trinajstić information content (AvgIpc) is 2.20. The van der Waals surface area contributed by atoms with Crippen molar-refractivity contribution in [2.24, 2.45) is 0 Å². The molecule has 1 aromatic heterocycles. The van der Waals surface area contributed by atoms with E-state index in [0.717, 1.165) is 17.0 Å². The Balaban J connectivity index is 2.62. The lowest BCUT2D eigenvalue weighted by Crippen LogP contribution is -1.96. The molecule has 0 atom stereocenters. The Bertz CT molecular complexity index is 518. The Morgan fingerprint density at radius 1 is 1.06 bits per heavy atom. The first-order valence-corrected chi connectivity index (χ1v) is 5.32. The molecule has 0 amide bonds. The van der Waals surface area contributed by atoms with E-state index < -0.39 is 0 Å². The van der Waals surface area contributed by atoms with Crippen molar-refractivity contribution >= 4 is 17.3 Å². The van der Waals surface area contributed by atoms with Gasteiger partial charge in [-0.25, -0.2) is 9.97 Å². The largest absolute Gasteiger partial charge is 0.399 e. The number of nitrogens with zero attached hydrogens (tertiary/aromatic N) is 2. The SMILES string of the molecule is Cc1cc(C)nc(-c2cc(N)ccc2Cl)n1. The fourth-order valence-electron chi connectivity index (χ4n) is 1.56. The second-order valence-electron chi connectivity index (χ2n) is 3.71. The maximum atomic E-state index is 6.10. The minimum Gasteiger partial charge on any atom is -0.399 e. The van der Waals surface area contributed by atoms with E-state index in [4.69, 9.17) is 17.3 Å². The summed E-state index contributed by atoms with van der Waals surface area (Å²) < 4.78 is 0. The van der Waals surface area contributed by atoms with E-state index in [1.54, 1.807) is 18.2 Å². The highest BCUT2D eigenvalue weighted by atomic mass is 35.5. The first kappa shape index (κ1) is 10.9. The Morgan fingerprint density at radius 2 is 1.69 bits per heavy atom. The van der Waals surface area contributed by atoms with Crippen LogP contribution in [0.25, 0.3) is 11.4 Å². The molecule has 0 spiro atoms. The van der Waals surface area contributed by atoms with E-state index in [-0.39, 0.29) is 0 Å². The number of benzene rings is 1. The molecule has 3 nitrogen and oxygen atoms in total. The van der Waals surface area contributed by atoms with Gasteiger partial charge in [-0.05, 0) is 38.1 Å². The van der Waals surface area contributed by atoms with E-state index in [2.05, 4.69) is 9.97 Å². The summed E-state index contributed by atoms with van der Waals surface area (Å²) in [4.78, 5) is 8.71. The summed E-state index contributed by atoms with van der Waals surface area (Å²) in [5.74, 6) is 0.620. The fraction of sp³-hybridized carbons (Fsp3) is 0.167. The Labute approximate surface area is 99.3 Å². The molecule has 1 aromatic carbocycles. The molecule has 0 aliphatic rings. The van der Waals surface area contributed by atoms with E-state index in [9.17, 15) is 0 Å². The van der Waals surface area contributed by atoms with Crippen molar-refractivity contribution in [3.8, 4) is 11.4 Å². The first-order valence-electron chi connectivity index (χ1n) is 4.94. The van der Waals surface area contributed by atoms with Crippen LogP contribution in [0.5, 0.6) is 0 Å². The van der Waals surface area contributed by atoms with Gasteiger partial charge in [0.15, 0.2) is 5.82 Å². The van der Waals surface area contributed by atoms with Gasteiger partial charge in [-0.2, -0.15) is 0 Å². The van der Waals surface area contributed by atoms with Gasteiger partial charge in [0.05, 0.1) is 5.02 Å².